The maximum atomic E-state index is 11.9. The quantitative estimate of drug-likeness (QED) is 0.441. The number of hydrogen-bond donors (Lipinski definition) is 2. The Kier molecular flexibility index (Phi) is 5.45. The van der Waals surface area contributed by atoms with Gasteiger partial charge in [0.05, 0.1) is 11.9 Å². The molecule has 2 aromatic carbocycles. The number of carbonyl (C=O) groups is 1. The third-order valence-corrected chi connectivity index (χ3v) is 7.09. The van der Waals surface area contributed by atoms with Crippen molar-refractivity contribution in [1.82, 2.24) is 14.5 Å². The largest absolute Gasteiger partial charge is 0.328 e. The van der Waals surface area contributed by atoms with E-state index in [-0.39, 0.29) is 5.91 Å². The Hall–Kier alpha value is -3.92. The van der Waals surface area contributed by atoms with Crippen LogP contribution in [0.5, 0.6) is 0 Å². The van der Waals surface area contributed by atoms with E-state index < -0.39 is 10.0 Å². The van der Waals surface area contributed by atoms with Gasteiger partial charge in [-0.25, -0.2) is 13.4 Å². The first-order chi connectivity index (χ1) is 16.3. The van der Waals surface area contributed by atoms with E-state index in [2.05, 4.69) is 15.6 Å². The fraction of sp³-hybridized carbons (Fsp3) is 0.208. The van der Waals surface area contributed by atoms with Crippen molar-refractivity contribution < 1.29 is 13.2 Å². The van der Waals surface area contributed by atoms with Crippen LogP contribution in [-0.4, -0.2) is 42.2 Å². The highest BCUT2D eigenvalue weighted by molar-refractivity contribution is 7.92. The van der Waals surface area contributed by atoms with E-state index in [0.29, 0.717) is 31.0 Å². The summed E-state index contributed by atoms with van der Waals surface area (Å²) < 4.78 is 27.1. The Morgan fingerprint density at radius 2 is 2.00 bits per heavy atom. The van der Waals surface area contributed by atoms with Crippen LogP contribution in [0.25, 0.3) is 11.0 Å². The molecule has 5 rings (SSSR count). The summed E-state index contributed by atoms with van der Waals surface area (Å²) in [4.78, 5) is 20.7. The summed E-state index contributed by atoms with van der Waals surface area (Å²) in [6, 6.07) is 15.2. The summed E-state index contributed by atoms with van der Waals surface area (Å²) in [7, 11) is -1.80. The molecule has 0 saturated heterocycles. The predicted octanol–water partition coefficient (Wildman–Crippen LogP) is 3.50. The predicted molar refractivity (Wildman–Crippen MR) is 133 cm³/mol. The van der Waals surface area contributed by atoms with Crippen molar-refractivity contribution in [2.75, 3.05) is 28.2 Å². The van der Waals surface area contributed by atoms with Crippen molar-refractivity contribution in [3.63, 3.8) is 0 Å². The van der Waals surface area contributed by atoms with Gasteiger partial charge in [0.25, 0.3) is 0 Å². The summed E-state index contributed by atoms with van der Waals surface area (Å²) in [5.41, 5.74) is 5.10. The lowest BCUT2D eigenvalue weighted by molar-refractivity contribution is -0.116. The number of fused-ring (bicyclic) bond motifs is 2. The molecular formula is C24H24N6O3S. The molecule has 9 nitrogen and oxygen atoms in total. The van der Waals surface area contributed by atoms with Crippen molar-refractivity contribution >= 4 is 50.0 Å². The molecule has 0 atom stereocenters. The lowest BCUT2D eigenvalue weighted by Crippen LogP contribution is -2.24. The second-order valence-electron chi connectivity index (χ2n) is 8.36. The number of nitrogens with one attached hydrogen (secondary N) is 2. The monoisotopic (exact) mass is 476 g/mol. The van der Waals surface area contributed by atoms with Crippen LogP contribution in [0.3, 0.4) is 0 Å². The zero-order valence-corrected chi connectivity index (χ0v) is 19.6. The number of aryl methyl sites for hydroxylation is 1. The Morgan fingerprint density at radius 3 is 2.82 bits per heavy atom. The van der Waals surface area contributed by atoms with E-state index in [4.69, 9.17) is 4.98 Å². The average molecular weight is 477 g/mol. The van der Waals surface area contributed by atoms with Gasteiger partial charge < -0.3 is 15.2 Å². The zero-order chi connectivity index (χ0) is 23.9. The standard InChI is InChI=1S/C24H24N6O3S/c1-29(34(2,32)33)20-5-3-4-16(12-20)15-30-11-10-18-14-25-24(28-23(18)30)26-19-7-8-21-17(13-19)6-9-22(31)27-21/h3-5,7-8,10-14H,6,9,15H2,1-2H3,(H,27,31)(H,25,26,28). The Balaban J connectivity index is 1.39. The van der Waals surface area contributed by atoms with E-state index >= 15 is 0 Å². The van der Waals surface area contributed by atoms with Gasteiger partial charge in [0, 0.05) is 49.2 Å². The summed E-state index contributed by atoms with van der Waals surface area (Å²) in [5, 5.41) is 7.05. The van der Waals surface area contributed by atoms with Gasteiger partial charge in [0.1, 0.15) is 5.65 Å². The smallest absolute Gasteiger partial charge is 0.231 e. The maximum Gasteiger partial charge on any atom is 0.231 e. The summed E-state index contributed by atoms with van der Waals surface area (Å²) in [6.45, 7) is 0.532. The van der Waals surface area contributed by atoms with E-state index in [9.17, 15) is 13.2 Å². The van der Waals surface area contributed by atoms with Gasteiger partial charge in [-0.15, -0.1) is 0 Å². The van der Waals surface area contributed by atoms with Crippen LogP contribution in [0.2, 0.25) is 0 Å². The van der Waals surface area contributed by atoms with Crippen LogP contribution < -0.4 is 14.9 Å². The molecule has 1 aliphatic heterocycles. The molecule has 2 aromatic heterocycles. The molecule has 34 heavy (non-hydrogen) atoms. The molecule has 1 amide bonds. The Labute approximate surface area is 197 Å². The molecule has 2 N–H and O–H groups in total. The lowest BCUT2D eigenvalue weighted by Gasteiger charge is -2.18. The molecule has 0 fully saturated rings. The third kappa shape index (κ3) is 4.44. The van der Waals surface area contributed by atoms with Crippen molar-refractivity contribution in [1.29, 1.82) is 0 Å². The van der Waals surface area contributed by atoms with Gasteiger partial charge in [0.15, 0.2) is 0 Å². The van der Waals surface area contributed by atoms with Crippen LogP contribution in [-0.2, 0) is 27.8 Å². The number of aromatic nitrogens is 3. The SMILES string of the molecule is CN(c1cccc(Cn2ccc3cnc(Nc4ccc5c(c4)CCC(=O)N5)nc32)c1)S(C)(=O)=O. The first kappa shape index (κ1) is 21.9. The fourth-order valence-electron chi connectivity index (χ4n) is 3.99. The van der Waals surface area contributed by atoms with E-state index in [0.717, 1.165) is 33.5 Å². The number of rotatable bonds is 6. The summed E-state index contributed by atoms with van der Waals surface area (Å²) >= 11 is 0. The molecule has 0 spiro atoms. The minimum absolute atomic E-state index is 0.0382. The van der Waals surface area contributed by atoms with Gasteiger partial charge in [-0.05, 0) is 53.9 Å². The fourth-order valence-corrected chi connectivity index (χ4v) is 4.48. The topological polar surface area (TPSA) is 109 Å². The number of benzene rings is 2. The zero-order valence-electron chi connectivity index (χ0n) is 18.8. The minimum atomic E-state index is -3.34. The molecule has 0 radical (unpaired) electrons. The van der Waals surface area contributed by atoms with E-state index in [1.54, 1.807) is 19.3 Å². The molecule has 10 heteroatoms. The normalized spacial score (nSPS) is 13.4. The van der Waals surface area contributed by atoms with E-state index in [1.165, 1.54) is 10.6 Å². The van der Waals surface area contributed by atoms with Crippen LogP contribution in [0.15, 0.2) is 60.9 Å². The van der Waals surface area contributed by atoms with Gasteiger partial charge in [-0.2, -0.15) is 4.98 Å². The number of sulfonamides is 1. The number of nitrogens with zero attached hydrogens (tertiary/aromatic N) is 4. The number of hydrogen-bond acceptors (Lipinski definition) is 6. The lowest BCUT2D eigenvalue weighted by atomic mass is 10.0. The molecule has 4 aromatic rings. The highest BCUT2D eigenvalue weighted by Gasteiger charge is 2.16. The number of amides is 1. The molecule has 0 saturated carbocycles. The Bertz CT molecular complexity index is 1510. The maximum absolute atomic E-state index is 11.9. The molecule has 3 heterocycles. The Morgan fingerprint density at radius 1 is 1.15 bits per heavy atom. The van der Waals surface area contributed by atoms with Gasteiger partial charge in [-0.3, -0.25) is 9.10 Å². The first-order valence-electron chi connectivity index (χ1n) is 10.8. The van der Waals surface area contributed by atoms with Crippen LogP contribution >= 0.6 is 0 Å². The van der Waals surface area contributed by atoms with Gasteiger partial charge >= 0.3 is 0 Å². The second kappa shape index (κ2) is 8.45. The molecule has 174 valence electrons. The van der Waals surface area contributed by atoms with Crippen LogP contribution in [0, 0.1) is 0 Å². The van der Waals surface area contributed by atoms with E-state index in [1.807, 2.05) is 53.2 Å². The molecule has 1 aliphatic rings. The summed E-state index contributed by atoms with van der Waals surface area (Å²) in [5.74, 6) is 0.508. The second-order valence-corrected chi connectivity index (χ2v) is 10.4. The number of anilines is 4. The minimum Gasteiger partial charge on any atom is -0.328 e. The first-order valence-corrected chi connectivity index (χ1v) is 12.7. The van der Waals surface area contributed by atoms with Crippen LogP contribution in [0.4, 0.5) is 23.0 Å². The third-order valence-electron chi connectivity index (χ3n) is 5.88. The molecular weight excluding hydrogens is 452 g/mol. The molecule has 0 aliphatic carbocycles. The average Bonchev–Trinajstić information content (AvgIpc) is 3.20. The van der Waals surface area contributed by atoms with Crippen molar-refractivity contribution in [2.45, 2.75) is 19.4 Å². The summed E-state index contributed by atoms with van der Waals surface area (Å²) in [6.07, 6.45) is 6.08. The number of carbonyl (C=O) groups excluding carboxylic acids is 1. The highest BCUT2D eigenvalue weighted by atomic mass is 32.2. The van der Waals surface area contributed by atoms with Gasteiger partial charge in [-0.1, -0.05) is 12.1 Å². The van der Waals surface area contributed by atoms with Crippen LogP contribution in [0.1, 0.15) is 17.5 Å². The molecule has 0 unspecified atom stereocenters. The van der Waals surface area contributed by atoms with Crippen molar-refractivity contribution in [3.05, 3.63) is 72.1 Å². The highest BCUT2D eigenvalue weighted by Crippen LogP contribution is 2.27. The molecule has 0 bridgehead atoms. The van der Waals surface area contributed by atoms with Gasteiger partial charge in [0.2, 0.25) is 21.9 Å². The van der Waals surface area contributed by atoms with Crippen molar-refractivity contribution in [3.8, 4) is 0 Å². The van der Waals surface area contributed by atoms with Crippen molar-refractivity contribution in [2.24, 2.45) is 0 Å².